The average molecular weight is 297 g/mol. The van der Waals surface area contributed by atoms with Crippen molar-refractivity contribution in [3.05, 3.63) is 59.1 Å². The molecule has 0 fully saturated rings. The zero-order valence-corrected chi connectivity index (χ0v) is 10.7. The van der Waals surface area contributed by atoms with Crippen LogP contribution in [0, 0.1) is 0 Å². The molecular weight excluding hydrogens is 288 g/mol. The fraction of sp³-hybridized carbons (Fsp3) is 0. The fourth-order valence-corrected chi connectivity index (χ4v) is 3.67. The zero-order valence-electron chi connectivity index (χ0n) is 8.30. The van der Waals surface area contributed by atoms with Crippen molar-refractivity contribution in [1.82, 2.24) is 0 Å². The Kier molecular flexibility index (Phi) is 3.12. The Hall–Kier alpha value is -1.13. The quantitative estimate of drug-likeness (QED) is 0.852. The van der Waals surface area contributed by atoms with Gasteiger partial charge in [0.15, 0.2) is 0 Å². The van der Waals surface area contributed by atoms with Crippen molar-refractivity contribution in [2.45, 2.75) is 9.79 Å². The molecule has 0 aromatic heterocycles. The Bertz CT molecular complexity index is 591. The van der Waals surface area contributed by atoms with Gasteiger partial charge in [0.05, 0.1) is 9.79 Å². The Balaban J connectivity index is 2.62. The number of hydrogen-bond acceptors (Lipinski definition) is 2. The lowest BCUT2D eigenvalue weighted by atomic mass is 10.4. The van der Waals surface area contributed by atoms with Crippen LogP contribution in [0.2, 0.25) is 0 Å². The van der Waals surface area contributed by atoms with E-state index in [0.717, 1.165) is 0 Å². The third kappa shape index (κ3) is 2.03. The summed E-state index contributed by atoms with van der Waals surface area (Å²) in [7, 11) is -3.42. The molecule has 0 bridgehead atoms. The van der Waals surface area contributed by atoms with Crippen molar-refractivity contribution in [2.24, 2.45) is 0 Å². The first kappa shape index (κ1) is 11.4. The van der Waals surface area contributed by atoms with Gasteiger partial charge in [-0.25, -0.2) is 8.42 Å². The second-order valence-corrected chi connectivity index (χ2v) is 6.02. The van der Waals surface area contributed by atoms with Gasteiger partial charge in [0.2, 0.25) is 9.84 Å². The van der Waals surface area contributed by atoms with Gasteiger partial charge in [-0.15, -0.1) is 0 Å². The molecular formula is C12H9BrO2S. The summed E-state index contributed by atoms with van der Waals surface area (Å²) in [5, 5.41) is 0. The SMILES string of the molecule is O=S(=O)(c1ccccc1)c1ccccc1Br. The van der Waals surface area contributed by atoms with Crippen LogP contribution in [0.5, 0.6) is 0 Å². The Morgan fingerprint density at radius 1 is 0.812 bits per heavy atom. The standard InChI is InChI=1S/C12H9BrO2S/c13-11-8-4-5-9-12(11)16(14,15)10-6-2-1-3-7-10/h1-9H. The van der Waals surface area contributed by atoms with E-state index < -0.39 is 9.84 Å². The minimum Gasteiger partial charge on any atom is -0.218 e. The fourth-order valence-electron chi connectivity index (χ4n) is 1.39. The van der Waals surface area contributed by atoms with Crippen molar-refractivity contribution in [1.29, 1.82) is 0 Å². The minimum absolute atomic E-state index is 0.293. The van der Waals surface area contributed by atoms with Crippen LogP contribution in [0.4, 0.5) is 0 Å². The van der Waals surface area contributed by atoms with Crippen LogP contribution in [0.15, 0.2) is 68.9 Å². The van der Waals surface area contributed by atoms with E-state index in [4.69, 9.17) is 0 Å². The number of rotatable bonds is 2. The van der Waals surface area contributed by atoms with Crippen molar-refractivity contribution in [2.75, 3.05) is 0 Å². The molecule has 0 spiro atoms. The number of hydrogen-bond donors (Lipinski definition) is 0. The lowest BCUT2D eigenvalue weighted by Crippen LogP contribution is -2.02. The molecule has 0 radical (unpaired) electrons. The van der Waals surface area contributed by atoms with Crippen molar-refractivity contribution in [3.8, 4) is 0 Å². The third-order valence-electron chi connectivity index (χ3n) is 2.18. The predicted octanol–water partition coefficient (Wildman–Crippen LogP) is 3.28. The van der Waals surface area contributed by atoms with Crippen molar-refractivity contribution >= 4 is 25.8 Å². The van der Waals surface area contributed by atoms with Gasteiger partial charge in [-0.2, -0.15) is 0 Å². The molecule has 0 saturated carbocycles. The van der Waals surface area contributed by atoms with E-state index in [1.807, 2.05) is 0 Å². The van der Waals surface area contributed by atoms with Gasteiger partial charge in [-0.05, 0) is 40.2 Å². The van der Waals surface area contributed by atoms with Gasteiger partial charge >= 0.3 is 0 Å². The number of benzene rings is 2. The second-order valence-electron chi connectivity index (χ2n) is 3.25. The Labute approximate surface area is 103 Å². The Morgan fingerprint density at radius 2 is 1.38 bits per heavy atom. The molecule has 2 nitrogen and oxygen atoms in total. The maximum absolute atomic E-state index is 12.2. The molecule has 4 heteroatoms. The maximum atomic E-state index is 12.2. The first-order valence-corrected chi connectivity index (χ1v) is 6.94. The lowest BCUT2D eigenvalue weighted by molar-refractivity contribution is 0.595. The highest BCUT2D eigenvalue weighted by molar-refractivity contribution is 9.10. The van der Waals surface area contributed by atoms with E-state index in [2.05, 4.69) is 15.9 Å². The predicted molar refractivity (Wildman–Crippen MR) is 66.0 cm³/mol. The first-order valence-electron chi connectivity index (χ1n) is 4.67. The van der Waals surface area contributed by atoms with E-state index >= 15 is 0 Å². The van der Waals surface area contributed by atoms with Crippen LogP contribution < -0.4 is 0 Å². The highest BCUT2D eigenvalue weighted by Crippen LogP contribution is 2.27. The average Bonchev–Trinajstić information content (AvgIpc) is 2.30. The number of sulfone groups is 1. The molecule has 0 amide bonds. The van der Waals surface area contributed by atoms with Gasteiger partial charge in [-0.1, -0.05) is 30.3 Å². The van der Waals surface area contributed by atoms with E-state index in [1.54, 1.807) is 54.6 Å². The molecule has 2 rings (SSSR count). The molecule has 82 valence electrons. The van der Waals surface area contributed by atoms with Gasteiger partial charge in [-0.3, -0.25) is 0 Å². The summed E-state index contributed by atoms with van der Waals surface area (Å²) >= 11 is 3.25. The molecule has 0 aliphatic rings. The topological polar surface area (TPSA) is 34.1 Å². The van der Waals surface area contributed by atoms with E-state index in [9.17, 15) is 8.42 Å². The Morgan fingerprint density at radius 3 is 2.00 bits per heavy atom. The van der Waals surface area contributed by atoms with Crippen LogP contribution in [-0.4, -0.2) is 8.42 Å². The molecule has 0 unspecified atom stereocenters. The zero-order chi connectivity index (χ0) is 11.6. The molecule has 16 heavy (non-hydrogen) atoms. The smallest absolute Gasteiger partial charge is 0.207 e. The summed E-state index contributed by atoms with van der Waals surface area (Å²) in [5.41, 5.74) is 0. The van der Waals surface area contributed by atoms with Crippen LogP contribution in [0.25, 0.3) is 0 Å². The molecule has 2 aromatic rings. The van der Waals surface area contributed by atoms with E-state index in [1.165, 1.54) is 0 Å². The summed E-state index contributed by atoms with van der Waals surface area (Å²) < 4.78 is 25.0. The maximum Gasteiger partial charge on any atom is 0.207 e. The van der Waals surface area contributed by atoms with Crippen molar-refractivity contribution in [3.63, 3.8) is 0 Å². The van der Waals surface area contributed by atoms with Crippen molar-refractivity contribution < 1.29 is 8.42 Å². The molecule has 0 heterocycles. The molecule has 2 aromatic carbocycles. The second kappa shape index (κ2) is 4.39. The third-order valence-corrected chi connectivity index (χ3v) is 4.96. The van der Waals surface area contributed by atoms with Crippen LogP contribution in [0.1, 0.15) is 0 Å². The lowest BCUT2D eigenvalue weighted by Gasteiger charge is -2.05. The van der Waals surface area contributed by atoms with Crippen LogP contribution in [0.3, 0.4) is 0 Å². The normalized spacial score (nSPS) is 11.3. The summed E-state index contributed by atoms with van der Waals surface area (Å²) in [6.07, 6.45) is 0. The monoisotopic (exact) mass is 296 g/mol. The largest absolute Gasteiger partial charge is 0.218 e. The first-order chi connectivity index (χ1) is 7.62. The molecule has 0 saturated heterocycles. The summed E-state index contributed by atoms with van der Waals surface area (Å²) in [4.78, 5) is 0.600. The van der Waals surface area contributed by atoms with Gasteiger partial charge in [0, 0.05) is 4.47 Å². The molecule has 0 aliphatic heterocycles. The summed E-state index contributed by atoms with van der Waals surface area (Å²) in [5.74, 6) is 0. The number of halogens is 1. The summed E-state index contributed by atoms with van der Waals surface area (Å²) in [6.45, 7) is 0. The van der Waals surface area contributed by atoms with Gasteiger partial charge in [0.25, 0.3) is 0 Å². The van der Waals surface area contributed by atoms with Gasteiger partial charge in [0.1, 0.15) is 0 Å². The van der Waals surface area contributed by atoms with Crippen LogP contribution in [-0.2, 0) is 9.84 Å². The minimum atomic E-state index is -3.42. The van der Waals surface area contributed by atoms with E-state index in [-0.39, 0.29) is 0 Å². The summed E-state index contributed by atoms with van der Waals surface area (Å²) in [6, 6.07) is 15.2. The molecule has 0 atom stereocenters. The van der Waals surface area contributed by atoms with Gasteiger partial charge < -0.3 is 0 Å². The van der Waals surface area contributed by atoms with E-state index in [0.29, 0.717) is 14.3 Å². The highest BCUT2D eigenvalue weighted by Gasteiger charge is 2.19. The molecule has 0 N–H and O–H groups in total. The highest BCUT2D eigenvalue weighted by atomic mass is 79.9. The van der Waals surface area contributed by atoms with Crippen LogP contribution >= 0.6 is 15.9 Å². The molecule has 0 aliphatic carbocycles.